The Morgan fingerprint density at radius 1 is 1.13 bits per heavy atom. The van der Waals surface area contributed by atoms with E-state index in [1.165, 1.54) is 23.5 Å². The molecule has 3 heterocycles. The highest BCUT2D eigenvalue weighted by atomic mass is 32.1. The van der Waals surface area contributed by atoms with Gasteiger partial charge in [-0.25, -0.2) is 4.39 Å². The van der Waals surface area contributed by atoms with Gasteiger partial charge in [0.2, 0.25) is 5.91 Å². The Balaban J connectivity index is 1.21. The van der Waals surface area contributed by atoms with Crippen LogP contribution in [0.1, 0.15) is 21.7 Å². The van der Waals surface area contributed by atoms with Crippen LogP contribution in [0, 0.1) is 11.7 Å². The van der Waals surface area contributed by atoms with E-state index in [4.69, 9.17) is 17.0 Å². The van der Waals surface area contributed by atoms with Crippen molar-refractivity contribution in [3.63, 3.8) is 0 Å². The van der Waals surface area contributed by atoms with Crippen LogP contribution in [0.3, 0.4) is 0 Å². The van der Waals surface area contributed by atoms with Gasteiger partial charge in [-0.05, 0) is 61.4 Å². The van der Waals surface area contributed by atoms with E-state index >= 15 is 0 Å². The number of thiophene rings is 1. The highest BCUT2D eigenvalue weighted by Crippen LogP contribution is 2.36. The average molecular weight is 564 g/mol. The molecule has 2 aromatic heterocycles. The summed E-state index contributed by atoms with van der Waals surface area (Å²) in [5.41, 5.74) is 1.81. The molecule has 39 heavy (non-hydrogen) atoms. The van der Waals surface area contributed by atoms with Gasteiger partial charge in [-0.3, -0.25) is 14.6 Å². The Kier molecular flexibility index (Phi) is 8.40. The molecule has 8 nitrogen and oxygen atoms in total. The van der Waals surface area contributed by atoms with Crippen LogP contribution >= 0.6 is 23.6 Å². The number of ether oxygens (including phenoxy) is 1. The van der Waals surface area contributed by atoms with Crippen molar-refractivity contribution in [2.45, 2.75) is 12.8 Å². The maximum Gasteiger partial charge on any atom is 0.261 e. The lowest BCUT2D eigenvalue weighted by molar-refractivity contribution is -0.119. The summed E-state index contributed by atoms with van der Waals surface area (Å²) in [5.74, 6) is -0.235. The molecule has 0 saturated carbocycles. The first kappa shape index (κ1) is 26.7. The highest BCUT2D eigenvalue weighted by Gasteiger charge is 2.19. The maximum absolute atomic E-state index is 14.9. The lowest BCUT2D eigenvalue weighted by atomic mass is 10.1. The van der Waals surface area contributed by atoms with Gasteiger partial charge in [0.1, 0.15) is 5.75 Å². The molecule has 200 valence electrons. The molecule has 2 aromatic carbocycles. The fourth-order valence-corrected chi connectivity index (χ4v) is 5.43. The minimum atomic E-state index is -0.622. The van der Waals surface area contributed by atoms with Crippen LogP contribution in [0.5, 0.6) is 11.5 Å². The van der Waals surface area contributed by atoms with Crippen molar-refractivity contribution in [3.8, 4) is 11.5 Å². The molecular weight excluding hydrogens is 537 g/mol. The molecule has 1 aliphatic heterocycles. The normalized spacial score (nSPS) is 14.6. The number of nitrogens with zero attached hydrogens (tertiary/aromatic N) is 1. The number of hydrogen-bond donors (Lipinski definition) is 4. The second-order valence-electron chi connectivity index (χ2n) is 9.11. The SMILES string of the molecule is O=C(Cc1ccccc1)NC(=S)Nc1ccc(Oc2ccnc3cc(C(=O)NCC4CCNC4)sc23)c(F)c1. The number of carbonyl (C=O) groups excluding carboxylic acids is 2. The quantitative estimate of drug-likeness (QED) is 0.232. The molecule has 0 bridgehead atoms. The summed E-state index contributed by atoms with van der Waals surface area (Å²) in [4.78, 5) is 29.8. The number of halogens is 1. The molecule has 4 aromatic rings. The van der Waals surface area contributed by atoms with Crippen molar-refractivity contribution in [1.82, 2.24) is 20.9 Å². The molecule has 5 rings (SSSR count). The predicted molar refractivity (Wildman–Crippen MR) is 154 cm³/mol. The minimum Gasteiger partial charge on any atom is -0.453 e. The Labute approximate surface area is 234 Å². The third kappa shape index (κ3) is 6.94. The van der Waals surface area contributed by atoms with Crippen LogP contribution in [0.4, 0.5) is 10.1 Å². The first-order chi connectivity index (χ1) is 18.9. The summed E-state index contributed by atoms with van der Waals surface area (Å²) in [5, 5.41) is 11.7. The van der Waals surface area contributed by atoms with Crippen LogP contribution in [0.15, 0.2) is 66.9 Å². The number of rotatable bonds is 8. The second-order valence-corrected chi connectivity index (χ2v) is 10.6. The van der Waals surface area contributed by atoms with Crippen LogP contribution in [-0.4, -0.2) is 41.5 Å². The van der Waals surface area contributed by atoms with E-state index in [1.54, 1.807) is 24.4 Å². The Morgan fingerprint density at radius 2 is 1.97 bits per heavy atom. The van der Waals surface area contributed by atoms with Gasteiger partial charge in [0.25, 0.3) is 5.91 Å². The smallest absolute Gasteiger partial charge is 0.261 e. The third-order valence-electron chi connectivity index (χ3n) is 6.18. The van der Waals surface area contributed by atoms with E-state index in [-0.39, 0.29) is 29.1 Å². The van der Waals surface area contributed by atoms with Crippen LogP contribution in [0.2, 0.25) is 0 Å². The number of amides is 2. The number of anilines is 1. The third-order valence-corrected chi connectivity index (χ3v) is 7.53. The number of fused-ring (bicyclic) bond motifs is 1. The number of pyridine rings is 1. The molecule has 1 saturated heterocycles. The molecule has 1 fully saturated rings. The number of benzene rings is 2. The number of hydrogen-bond acceptors (Lipinski definition) is 7. The summed E-state index contributed by atoms with van der Waals surface area (Å²) < 4.78 is 21.5. The van der Waals surface area contributed by atoms with Crippen molar-refractivity contribution < 1.29 is 18.7 Å². The summed E-state index contributed by atoms with van der Waals surface area (Å²) in [6.45, 7) is 2.49. The van der Waals surface area contributed by atoms with Gasteiger partial charge < -0.3 is 26.0 Å². The van der Waals surface area contributed by atoms with Gasteiger partial charge in [-0.15, -0.1) is 11.3 Å². The van der Waals surface area contributed by atoms with Crippen LogP contribution < -0.4 is 26.0 Å². The summed E-state index contributed by atoms with van der Waals surface area (Å²) >= 11 is 6.45. The van der Waals surface area contributed by atoms with Gasteiger partial charge in [0.15, 0.2) is 16.7 Å². The lowest BCUT2D eigenvalue weighted by Crippen LogP contribution is -2.35. The van der Waals surface area contributed by atoms with Gasteiger partial charge in [0, 0.05) is 30.6 Å². The molecule has 0 spiro atoms. The number of aromatic nitrogens is 1. The lowest BCUT2D eigenvalue weighted by Gasteiger charge is -2.12. The van der Waals surface area contributed by atoms with Crippen LogP contribution in [-0.2, 0) is 11.2 Å². The van der Waals surface area contributed by atoms with E-state index in [0.717, 1.165) is 25.1 Å². The number of nitrogens with one attached hydrogen (secondary N) is 4. The monoisotopic (exact) mass is 563 g/mol. The molecule has 0 radical (unpaired) electrons. The average Bonchev–Trinajstić information content (AvgIpc) is 3.60. The summed E-state index contributed by atoms with van der Waals surface area (Å²) in [7, 11) is 0. The Bertz CT molecular complexity index is 1510. The summed E-state index contributed by atoms with van der Waals surface area (Å²) in [6.07, 6.45) is 2.77. The Morgan fingerprint density at radius 3 is 2.74 bits per heavy atom. The van der Waals surface area contributed by atoms with Crippen molar-refractivity contribution >= 4 is 56.4 Å². The number of carbonyl (C=O) groups is 2. The summed E-state index contributed by atoms with van der Waals surface area (Å²) in [6, 6.07) is 16.9. The van der Waals surface area contributed by atoms with Crippen molar-refractivity contribution in [2.24, 2.45) is 5.92 Å². The van der Waals surface area contributed by atoms with Crippen molar-refractivity contribution in [2.75, 3.05) is 25.0 Å². The predicted octanol–water partition coefficient (Wildman–Crippen LogP) is 4.62. The largest absolute Gasteiger partial charge is 0.453 e. The zero-order valence-electron chi connectivity index (χ0n) is 20.8. The molecule has 1 unspecified atom stereocenters. The van der Waals surface area contributed by atoms with Crippen molar-refractivity contribution in [3.05, 3.63) is 83.1 Å². The van der Waals surface area contributed by atoms with Gasteiger partial charge >= 0.3 is 0 Å². The second kappa shape index (κ2) is 12.3. The first-order valence-corrected chi connectivity index (χ1v) is 13.7. The minimum absolute atomic E-state index is 0.000200. The first-order valence-electron chi connectivity index (χ1n) is 12.4. The number of thiocarbonyl (C=S) groups is 1. The highest BCUT2D eigenvalue weighted by molar-refractivity contribution is 7.80. The van der Waals surface area contributed by atoms with E-state index < -0.39 is 5.82 Å². The van der Waals surface area contributed by atoms with Crippen LogP contribution in [0.25, 0.3) is 10.2 Å². The molecule has 4 N–H and O–H groups in total. The van der Waals surface area contributed by atoms with E-state index in [9.17, 15) is 14.0 Å². The standard InChI is InChI=1S/C28H26FN5O3S2/c29-20-13-19(33-28(38)34-25(35)12-17-4-2-1-3-5-17)6-7-22(20)37-23-9-11-31-21-14-24(39-26(21)23)27(36)32-16-18-8-10-30-15-18/h1-7,9,11,13-14,18,30H,8,10,12,15-16H2,(H,32,36)(H2,33,34,35,38). The zero-order valence-corrected chi connectivity index (χ0v) is 22.5. The zero-order chi connectivity index (χ0) is 27.2. The fourth-order valence-electron chi connectivity index (χ4n) is 4.21. The Hall–Kier alpha value is -3.93. The molecule has 1 aliphatic rings. The molecule has 0 aliphatic carbocycles. The molecule has 1 atom stereocenters. The van der Waals surface area contributed by atoms with Gasteiger partial charge in [0.05, 0.1) is 21.5 Å². The van der Waals surface area contributed by atoms with Crippen molar-refractivity contribution in [1.29, 1.82) is 0 Å². The molecule has 2 amide bonds. The molecule has 11 heteroatoms. The topological polar surface area (TPSA) is 104 Å². The molecular formula is C28H26FN5O3S2. The van der Waals surface area contributed by atoms with Gasteiger partial charge in [-0.2, -0.15) is 0 Å². The van der Waals surface area contributed by atoms with E-state index in [1.807, 2.05) is 30.3 Å². The maximum atomic E-state index is 14.9. The fraction of sp³-hybridized carbons (Fsp3) is 0.214. The van der Waals surface area contributed by atoms with E-state index in [2.05, 4.69) is 26.3 Å². The van der Waals surface area contributed by atoms with E-state index in [0.29, 0.717) is 39.0 Å². The van der Waals surface area contributed by atoms with Gasteiger partial charge in [-0.1, -0.05) is 30.3 Å².